The van der Waals surface area contributed by atoms with Gasteiger partial charge in [0, 0.05) is 0 Å². The molecule has 0 aliphatic heterocycles. The maximum absolute atomic E-state index is 11.9. The van der Waals surface area contributed by atoms with Crippen molar-refractivity contribution in [3.8, 4) is 0 Å². The Balaban J connectivity index is 4.53. The van der Waals surface area contributed by atoms with Crippen LogP contribution in [0.1, 0.15) is 26.7 Å². The maximum atomic E-state index is 11.9. The van der Waals surface area contributed by atoms with Crippen LogP contribution in [-0.2, 0) is 18.1 Å². The topological polar surface area (TPSA) is 44.8 Å². The van der Waals surface area contributed by atoms with Crippen molar-refractivity contribution in [1.82, 2.24) is 0 Å². The molecule has 0 amide bonds. The lowest BCUT2D eigenvalue weighted by molar-refractivity contribution is 0.140. The van der Waals surface area contributed by atoms with Gasteiger partial charge in [-0.15, -0.1) is 0 Å². The van der Waals surface area contributed by atoms with E-state index in [0.29, 0.717) is 12.8 Å². The van der Waals surface area contributed by atoms with Crippen LogP contribution in [0, 0.1) is 0 Å². The zero-order valence-electron chi connectivity index (χ0n) is 9.04. The summed E-state index contributed by atoms with van der Waals surface area (Å²) in [5.74, 6) is 0. The van der Waals surface area contributed by atoms with Crippen LogP contribution in [0.3, 0.4) is 0 Å². The van der Waals surface area contributed by atoms with Gasteiger partial charge < -0.3 is 4.52 Å². The Hall–Kier alpha value is 0.560. The zero-order valence-corrected chi connectivity index (χ0v) is 12.2. The highest BCUT2D eigenvalue weighted by Gasteiger charge is 2.29. The van der Waals surface area contributed by atoms with Crippen LogP contribution in [0.4, 0.5) is 0 Å². The maximum Gasteiger partial charge on any atom is 0.530 e. The first kappa shape index (κ1) is 16.6. The third-order valence-electron chi connectivity index (χ3n) is 1.25. The number of hydrogen-bond acceptors (Lipinski definition) is 4. The standard InChI is InChI=1S/C8H14Cl3O4P/c1-3-5-13-16(12,14-6-4-2)15-8(11)7(9)10/h3-6H2,1-2H3. The van der Waals surface area contributed by atoms with Gasteiger partial charge in [-0.2, -0.15) is 0 Å². The van der Waals surface area contributed by atoms with Crippen LogP contribution in [-0.4, -0.2) is 13.2 Å². The molecule has 0 aliphatic carbocycles. The first-order valence-electron chi connectivity index (χ1n) is 4.74. The molecule has 0 aliphatic rings. The molecule has 16 heavy (non-hydrogen) atoms. The van der Waals surface area contributed by atoms with Crippen molar-refractivity contribution in [3.05, 3.63) is 9.71 Å². The Morgan fingerprint density at radius 1 is 1.06 bits per heavy atom. The van der Waals surface area contributed by atoms with E-state index >= 15 is 0 Å². The van der Waals surface area contributed by atoms with Crippen molar-refractivity contribution < 1.29 is 18.1 Å². The lowest BCUT2D eigenvalue weighted by atomic mass is 10.5. The minimum atomic E-state index is -3.72. The molecular formula is C8H14Cl3O4P. The summed E-state index contributed by atoms with van der Waals surface area (Å²) in [5, 5.41) is -0.404. The number of phosphoric acid groups is 1. The highest BCUT2D eigenvalue weighted by atomic mass is 35.5. The Bertz CT molecular complexity index is 266. The third kappa shape index (κ3) is 7.00. The predicted molar refractivity (Wildman–Crippen MR) is 65.8 cm³/mol. The van der Waals surface area contributed by atoms with Gasteiger partial charge in [0.05, 0.1) is 13.2 Å². The second kappa shape index (κ2) is 8.62. The fraction of sp³-hybridized carbons (Fsp3) is 0.750. The van der Waals surface area contributed by atoms with Gasteiger partial charge in [0.1, 0.15) is 0 Å². The molecule has 0 spiro atoms. The van der Waals surface area contributed by atoms with Crippen molar-refractivity contribution in [3.63, 3.8) is 0 Å². The molecule has 0 radical (unpaired) electrons. The van der Waals surface area contributed by atoms with Gasteiger partial charge in [-0.1, -0.05) is 37.0 Å². The highest BCUT2D eigenvalue weighted by molar-refractivity contribution is 7.48. The van der Waals surface area contributed by atoms with Crippen molar-refractivity contribution >= 4 is 42.6 Å². The summed E-state index contributed by atoms with van der Waals surface area (Å²) < 4.78 is 26.4. The zero-order chi connectivity index (χ0) is 12.6. The number of rotatable bonds is 8. The van der Waals surface area contributed by atoms with Crippen LogP contribution >= 0.6 is 42.6 Å². The summed E-state index contributed by atoms with van der Waals surface area (Å²) in [5.41, 5.74) is 0. The average molecular weight is 312 g/mol. The Morgan fingerprint density at radius 2 is 1.50 bits per heavy atom. The van der Waals surface area contributed by atoms with Gasteiger partial charge in [-0.25, -0.2) is 4.57 Å². The van der Waals surface area contributed by atoms with Gasteiger partial charge in [0.15, 0.2) is 4.49 Å². The second-order valence-corrected chi connectivity index (χ2v) is 5.63. The van der Waals surface area contributed by atoms with Gasteiger partial charge in [0.2, 0.25) is 5.22 Å². The Kier molecular flexibility index (Phi) is 8.92. The van der Waals surface area contributed by atoms with Crippen LogP contribution in [0.2, 0.25) is 0 Å². The fourth-order valence-electron chi connectivity index (χ4n) is 0.629. The molecule has 0 N–H and O–H groups in total. The minimum Gasteiger partial charge on any atom is -0.390 e. The van der Waals surface area contributed by atoms with Gasteiger partial charge in [-0.3, -0.25) is 9.05 Å². The quantitative estimate of drug-likeness (QED) is 0.477. The van der Waals surface area contributed by atoms with Crippen molar-refractivity contribution in [2.24, 2.45) is 0 Å². The lowest BCUT2D eigenvalue weighted by Crippen LogP contribution is -2.01. The third-order valence-corrected chi connectivity index (χ3v) is 3.56. The van der Waals surface area contributed by atoms with E-state index in [4.69, 9.17) is 48.4 Å². The Labute approximate surface area is 110 Å². The largest absolute Gasteiger partial charge is 0.530 e. The Morgan fingerprint density at radius 3 is 1.81 bits per heavy atom. The predicted octanol–water partition coefficient (Wildman–Crippen LogP) is 4.81. The monoisotopic (exact) mass is 310 g/mol. The molecule has 0 aromatic carbocycles. The second-order valence-electron chi connectivity index (χ2n) is 2.74. The summed E-state index contributed by atoms with van der Waals surface area (Å²) in [6.45, 7) is 4.17. The lowest BCUT2D eigenvalue weighted by Gasteiger charge is -2.17. The van der Waals surface area contributed by atoms with Crippen molar-refractivity contribution in [2.45, 2.75) is 26.7 Å². The first-order valence-corrected chi connectivity index (χ1v) is 7.34. The van der Waals surface area contributed by atoms with E-state index in [1.165, 1.54) is 0 Å². The number of phosphoric ester groups is 1. The van der Waals surface area contributed by atoms with Gasteiger partial charge in [0.25, 0.3) is 0 Å². The van der Waals surface area contributed by atoms with E-state index in [1.54, 1.807) is 0 Å². The molecule has 8 heteroatoms. The first-order chi connectivity index (χ1) is 7.45. The molecule has 4 nitrogen and oxygen atoms in total. The van der Waals surface area contributed by atoms with E-state index in [-0.39, 0.29) is 17.7 Å². The highest BCUT2D eigenvalue weighted by Crippen LogP contribution is 2.52. The van der Waals surface area contributed by atoms with Crippen LogP contribution in [0.5, 0.6) is 0 Å². The van der Waals surface area contributed by atoms with Crippen molar-refractivity contribution in [2.75, 3.05) is 13.2 Å². The summed E-state index contributed by atoms with van der Waals surface area (Å²) >= 11 is 16.2. The molecule has 0 aromatic rings. The smallest absolute Gasteiger partial charge is 0.390 e. The molecule has 0 fully saturated rings. The summed E-state index contributed by atoms with van der Waals surface area (Å²) in [4.78, 5) is 0. The molecule has 0 unspecified atom stereocenters. The summed E-state index contributed by atoms with van der Waals surface area (Å²) in [7, 11) is -3.72. The molecule has 0 atom stereocenters. The van der Waals surface area contributed by atoms with Crippen molar-refractivity contribution in [1.29, 1.82) is 0 Å². The molecule has 0 saturated carbocycles. The summed E-state index contributed by atoms with van der Waals surface area (Å²) in [6.07, 6.45) is 1.33. The average Bonchev–Trinajstić information content (AvgIpc) is 2.23. The number of halogens is 3. The molecule has 0 bridgehead atoms. The van der Waals surface area contributed by atoms with Crippen LogP contribution < -0.4 is 0 Å². The normalized spacial score (nSPS) is 11.3. The minimum absolute atomic E-state index is 0.227. The fourth-order valence-corrected chi connectivity index (χ4v) is 2.35. The van der Waals surface area contributed by atoms with Crippen LogP contribution in [0.15, 0.2) is 9.71 Å². The molecule has 96 valence electrons. The van der Waals surface area contributed by atoms with Gasteiger partial charge >= 0.3 is 7.82 Å². The molecule has 0 aromatic heterocycles. The SMILES string of the molecule is CCCOP(=O)(OCCC)OC(Cl)=C(Cl)Cl. The van der Waals surface area contributed by atoms with E-state index in [9.17, 15) is 4.57 Å². The van der Waals surface area contributed by atoms with E-state index in [1.807, 2.05) is 13.8 Å². The summed E-state index contributed by atoms with van der Waals surface area (Å²) in [6, 6.07) is 0. The van der Waals surface area contributed by atoms with Crippen LogP contribution in [0.25, 0.3) is 0 Å². The van der Waals surface area contributed by atoms with E-state index in [0.717, 1.165) is 0 Å². The number of hydrogen-bond donors (Lipinski definition) is 0. The molecule has 0 rings (SSSR count). The van der Waals surface area contributed by atoms with Gasteiger partial charge in [-0.05, 0) is 24.4 Å². The molecule has 0 heterocycles. The van der Waals surface area contributed by atoms with E-state index in [2.05, 4.69) is 0 Å². The molecule has 0 saturated heterocycles. The molecular weight excluding hydrogens is 297 g/mol. The van der Waals surface area contributed by atoms with E-state index < -0.39 is 13.0 Å².